The van der Waals surface area contributed by atoms with Crippen LogP contribution in [0.5, 0.6) is 0 Å². The summed E-state index contributed by atoms with van der Waals surface area (Å²) in [6, 6.07) is 9.65. The molecule has 21 heavy (non-hydrogen) atoms. The number of nitrogens with one attached hydrogen (secondary N) is 1. The molecule has 0 fully saturated rings. The summed E-state index contributed by atoms with van der Waals surface area (Å²) in [5, 5.41) is 7.49. The summed E-state index contributed by atoms with van der Waals surface area (Å²) in [7, 11) is -2.98. The first-order valence-electron chi connectivity index (χ1n) is 7.02. The lowest BCUT2D eigenvalue weighted by Gasteiger charge is -2.18. The second-order valence-electron chi connectivity index (χ2n) is 5.11. The molecule has 0 saturated heterocycles. The molecular weight excluding hydrogens is 286 g/mol. The lowest BCUT2D eigenvalue weighted by molar-refractivity contribution is 0.593. The van der Waals surface area contributed by atoms with Gasteiger partial charge >= 0.3 is 0 Å². The zero-order chi connectivity index (χ0) is 15.3. The Morgan fingerprint density at radius 3 is 2.71 bits per heavy atom. The number of benzene rings is 1. The molecule has 2 rings (SSSR count). The van der Waals surface area contributed by atoms with Crippen LogP contribution in [0.2, 0.25) is 0 Å². The van der Waals surface area contributed by atoms with Crippen LogP contribution >= 0.6 is 0 Å². The molecule has 0 spiro atoms. The summed E-state index contributed by atoms with van der Waals surface area (Å²) in [5.74, 6) is 0.313. The van der Waals surface area contributed by atoms with Gasteiger partial charge < -0.3 is 5.32 Å². The first-order valence-corrected chi connectivity index (χ1v) is 8.84. The maximum absolute atomic E-state index is 11.7. The Morgan fingerprint density at radius 2 is 2.05 bits per heavy atom. The SMILES string of the molecule is CCS(=O)(=O)CC(C)Nc1ccccc1Cn1cccn1. The fourth-order valence-electron chi connectivity index (χ4n) is 2.17. The number of rotatable bonds is 7. The molecule has 1 atom stereocenters. The lowest BCUT2D eigenvalue weighted by Crippen LogP contribution is -2.27. The van der Waals surface area contributed by atoms with Gasteiger partial charge in [0, 0.05) is 29.9 Å². The molecule has 0 amide bonds. The van der Waals surface area contributed by atoms with Gasteiger partial charge in [0.05, 0.1) is 12.3 Å². The second kappa shape index (κ2) is 6.76. The molecule has 0 radical (unpaired) electrons. The summed E-state index contributed by atoms with van der Waals surface area (Å²) in [6.07, 6.45) is 3.65. The predicted octanol–water partition coefficient (Wildman–Crippen LogP) is 2.17. The van der Waals surface area contributed by atoms with E-state index in [1.807, 2.05) is 48.1 Å². The molecular formula is C15H21N3O2S. The average molecular weight is 307 g/mol. The number of sulfone groups is 1. The minimum absolute atomic E-state index is 0.131. The zero-order valence-corrected chi connectivity index (χ0v) is 13.2. The van der Waals surface area contributed by atoms with Crippen LogP contribution in [0.15, 0.2) is 42.7 Å². The van der Waals surface area contributed by atoms with Gasteiger partial charge in [0.15, 0.2) is 9.84 Å². The van der Waals surface area contributed by atoms with E-state index in [0.717, 1.165) is 11.3 Å². The second-order valence-corrected chi connectivity index (χ2v) is 7.50. The van der Waals surface area contributed by atoms with Crippen molar-refractivity contribution < 1.29 is 8.42 Å². The summed E-state index contributed by atoms with van der Waals surface area (Å²) < 4.78 is 25.2. The molecule has 0 bridgehead atoms. The van der Waals surface area contributed by atoms with Gasteiger partial charge in [-0.05, 0) is 24.6 Å². The summed E-state index contributed by atoms with van der Waals surface area (Å²) >= 11 is 0. The van der Waals surface area contributed by atoms with E-state index < -0.39 is 9.84 Å². The Labute approximate surface area is 125 Å². The van der Waals surface area contributed by atoms with Crippen molar-refractivity contribution in [1.29, 1.82) is 0 Å². The summed E-state index contributed by atoms with van der Waals surface area (Å²) in [5.41, 5.74) is 2.04. The van der Waals surface area contributed by atoms with Crippen molar-refractivity contribution in [1.82, 2.24) is 9.78 Å². The minimum atomic E-state index is -2.98. The third-order valence-corrected chi connectivity index (χ3v) is 5.14. The highest BCUT2D eigenvalue weighted by Gasteiger charge is 2.14. The maximum Gasteiger partial charge on any atom is 0.152 e. The van der Waals surface area contributed by atoms with E-state index >= 15 is 0 Å². The summed E-state index contributed by atoms with van der Waals surface area (Å²) in [4.78, 5) is 0. The lowest BCUT2D eigenvalue weighted by atomic mass is 10.1. The first-order chi connectivity index (χ1) is 10.00. The number of para-hydroxylation sites is 1. The molecule has 114 valence electrons. The van der Waals surface area contributed by atoms with Crippen molar-refractivity contribution in [3.05, 3.63) is 48.3 Å². The molecule has 1 unspecified atom stereocenters. The van der Waals surface area contributed by atoms with E-state index in [0.29, 0.717) is 6.54 Å². The molecule has 0 aliphatic heterocycles. The van der Waals surface area contributed by atoms with Crippen LogP contribution in [0.1, 0.15) is 19.4 Å². The first kappa shape index (κ1) is 15.6. The number of aromatic nitrogens is 2. The third kappa shape index (κ3) is 4.60. The largest absolute Gasteiger partial charge is 0.381 e. The van der Waals surface area contributed by atoms with E-state index in [4.69, 9.17) is 0 Å². The fraction of sp³-hybridized carbons (Fsp3) is 0.400. The fourth-order valence-corrected chi connectivity index (χ4v) is 3.25. The van der Waals surface area contributed by atoms with Crippen LogP contribution in [-0.4, -0.2) is 35.7 Å². The molecule has 1 aromatic carbocycles. The normalized spacial score (nSPS) is 13.0. The van der Waals surface area contributed by atoms with Crippen molar-refractivity contribution in [2.75, 3.05) is 16.8 Å². The molecule has 2 aromatic rings. The number of hydrogen-bond donors (Lipinski definition) is 1. The average Bonchev–Trinajstić information content (AvgIpc) is 2.93. The molecule has 0 aliphatic rings. The number of hydrogen-bond acceptors (Lipinski definition) is 4. The Balaban J connectivity index is 2.09. The summed E-state index contributed by atoms with van der Waals surface area (Å²) in [6.45, 7) is 4.22. The quantitative estimate of drug-likeness (QED) is 0.851. The highest BCUT2D eigenvalue weighted by Crippen LogP contribution is 2.17. The van der Waals surface area contributed by atoms with Crippen molar-refractivity contribution in [3.63, 3.8) is 0 Å². The van der Waals surface area contributed by atoms with Crippen LogP contribution in [0.4, 0.5) is 5.69 Å². The Morgan fingerprint density at radius 1 is 1.29 bits per heavy atom. The van der Waals surface area contributed by atoms with Gasteiger partial charge in [-0.1, -0.05) is 25.1 Å². The molecule has 6 heteroatoms. The number of anilines is 1. The van der Waals surface area contributed by atoms with E-state index in [1.165, 1.54) is 0 Å². The van der Waals surface area contributed by atoms with E-state index in [2.05, 4.69) is 10.4 Å². The zero-order valence-electron chi connectivity index (χ0n) is 12.4. The molecule has 1 heterocycles. The Hall–Kier alpha value is -1.82. The topological polar surface area (TPSA) is 64.0 Å². The van der Waals surface area contributed by atoms with Gasteiger partial charge in [-0.15, -0.1) is 0 Å². The van der Waals surface area contributed by atoms with Gasteiger partial charge in [0.25, 0.3) is 0 Å². The van der Waals surface area contributed by atoms with E-state index in [1.54, 1.807) is 13.1 Å². The van der Waals surface area contributed by atoms with Crippen LogP contribution in [0.3, 0.4) is 0 Å². The van der Waals surface area contributed by atoms with Crippen molar-refractivity contribution in [2.24, 2.45) is 0 Å². The highest BCUT2D eigenvalue weighted by molar-refractivity contribution is 7.91. The molecule has 5 nitrogen and oxygen atoms in total. The monoisotopic (exact) mass is 307 g/mol. The van der Waals surface area contributed by atoms with Crippen LogP contribution in [-0.2, 0) is 16.4 Å². The van der Waals surface area contributed by atoms with Crippen LogP contribution < -0.4 is 5.32 Å². The van der Waals surface area contributed by atoms with Crippen molar-refractivity contribution in [3.8, 4) is 0 Å². The van der Waals surface area contributed by atoms with Crippen LogP contribution in [0, 0.1) is 0 Å². The maximum atomic E-state index is 11.7. The van der Waals surface area contributed by atoms with E-state index in [-0.39, 0.29) is 17.5 Å². The minimum Gasteiger partial charge on any atom is -0.381 e. The predicted molar refractivity (Wildman–Crippen MR) is 85.2 cm³/mol. The molecule has 1 N–H and O–H groups in total. The van der Waals surface area contributed by atoms with Gasteiger partial charge in [0.2, 0.25) is 0 Å². The van der Waals surface area contributed by atoms with Gasteiger partial charge in [-0.2, -0.15) is 5.10 Å². The van der Waals surface area contributed by atoms with Gasteiger partial charge in [-0.25, -0.2) is 8.42 Å². The Bertz CT molecular complexity index is 666. The van der Waals surface area contributed by atoms with Gasteiger partial charge in [0.1, 0.15) is 0 Å². The highest BCUT2D eigenvalue weighted by atomic mass is 32.2. The van der Waals surface area contributed by atoms with Crippen molar-refractivity contribution >= 4 is 15.5 Å². The van der Waals surface area contributed by atoms with Crippen molar-refractivity contribution in [2.45, 2.75) is 26.4 Å². The smallest absolute Gasteiger partial charge is 0.152 e. The van der Waals surface area contributed by atoms with E-state index in [9.17, 15) is 8.42 Å². The third-order valence-electron chi connectivity index (χ3n) is 3.25. The molecule has 1 aromatic heterocycles. The molecule has 0 aliphatic carbocycles. The van der Waals surface area contributed by atoms with Crippen LogP contribution in [0.25, 0.3) is 0 Å². The molecule has 0 saturated carbocycles. The number of nitrogens with zero attached hydrogens (tertiary/aromatic N) is 2. The van der Waals surface area contributed by atoms with Gasteiger partial charge in [-0.3, -0.25) is 4.68 Å². The standard InChI is InChI=1S/C15H21N3O2S/c1-3-21(19,20)12-13(2)17-15-8-5-4-7-14(15)11-18-10-6-9-16-18/h4-10,13,17H,3,11-12H2,1-2H3. The Kier molecular flexibility index (Phi) is 5.01.